The van der Waals surface area contributed by atoms with Gasteiger partial charge in [0, 0.05) is 26.2 Å². The fraction of sp³-hybridized carbons (Fsp3) is 1.00. The third-order valence-electron chi connectivity index (χ3n) is 3.12. The van der Waals surface area contributed by atoms with Gasteiger partial charge in [-0.2, -0.15) is 0 Å². The molecular formula is C15H35N3O. The summed E-state index contributed by atoms with van der Waals surface area (Å²) in [6.07, 6.45) is 1.25. The molecule has 4 heteroatoms. The molecule has 0 bridgehead atoms. The molecule has 0 aromatic carbocycles. The van der Waals surface area contributed by atoms with Gasteiger partial charge in [0.25, 0.3) is 0 Å². The highest BCUT2D eigenvalue weighted by Gasteiger charge is 2.09. The molecule has 19 heavy (non-hydrogen) atoms. The van der Waals surface area contributed by atoms with Gasteiger partial charge in [0.05, 0.1) is 13.2 Å². The van der Waals surface area contributed by atoms with Crippen LogP contribution in [0.15, 0.2) is 0 Å². The lowest BCUT2D eigenvalue weighted by atomic mass is 10.2. The molecule has 0 unspecified atom stereocenters. The molecule has 0 aliphatic carbocycles. The molecule has 1 aliphatic rings. The smallest absolute Gasteiger partial charge is 0.0594 e. The van der Waals surface area contributed by atoms with Crippen LogP contribution >= 0.6 is 0 Å². The highest BCUT2D eigenvalue weighted by Crippen LogP contribution is 1.96. The Balaban J connectivity index is 0.000000459. The summed E-state index contributed by atoms with van der Waals surface area (Å²) in [6.45, 7) is 15.4. The van der Waals surface area contributed by atoms with Crippen LogP contribution in [-0.2, 0) is 4.74 Å². The predicted molar refractivity (Wildman–Crippen MR) is 83.8 cm³/mol. The van der Waals surface area contributed by atoms with Gasteiger partial charge in [0.1, 0.15) is 0 Å². The summed E-state index contributed by atoms with van der Waals surface area (Å²) in [5, 5.41) is 3.07. The van der Waals surface area contributed by atoms with Crippen molar-refractivity contribution < 1.29 is 4.74 Å². The Morgan fingerprint density at radius 2 is 1.84 bits per heavy atom. The first-order valence-electron chi connectivity index (χ1n) is 7.73. The van der Waals surface area contributed by atoms with Crippen molar-refractivity contribution in [3.8, 4) is 0 Å². The van der Waals surface area contributed by atoms with E-state index < -0.39 is 0 Å². The first-order chi connectivity index (χ1) is 9.10. The van der Waals surface area contributed by atoms with Gasteiger partial charge in [-0.25, -0.2) is 0 Å². The minimum absolute atomic E-state index is 0.787. The molecular weight excluding hydrogens is 238 g/mol. The maximum atomic E-state index is 5.30. The van der Waals surface area contributed by atoms with Crippen LogP contribution in [0.4, 0.5) is 0 Å². The van der Waals surface area contributed by atoms with E-state index in [0.29, 0.717) is 0 Å². The summed E-state index contributed by atoms with van der Waals surface area (Å²) in [7, 11) is 4.17. The van der Waals surface area contributed by atoms with E-state index in [1.807, 2.05) is 7.05 Å². The second-order valence-corrected chi connectivity index (χ2v) is 5.71. The predicted octanol–water partition coefficient (Wildman–Crippen LogP) is 1.52. The maximum absolute atomic E-state index is 5.30. The molecule has 0 radical (unpaired) electrons. The van der Waals surface area contributed by atoms with Gasteiger partial charge in [-0.15, -0.1) is 0 Å². The van der Waals surface area contributed by atoms with Gasteiger partial charge in [0.2, 0.25) is 0 Å². The summed E-state index contributed by atoms with van der Waals surface area (Å²) >= 11 is 0. The van der Waals surface area contributed by atoms with Gasteiger partial charge < -0.3 is 15.0 Å². The third kappa shape index (κ3) is 12.6. The summed E-state index contributed by atoms with van der Waals surface area (Å²) in [5.41, 5.74) is 0. The maximum Gasteiger partial charge on any atom is 0.0594 e. The van der Waals surface area contributed by atoms with Gasteiger partial charge in [-0.1, -0.05) is 20.8 Å². The molecule has 1 fully saturated rings. The summed E-state index contributed by atoms with van der Waals surface area (Å²) in [5.74, 6) is 0.787. The van der Waals surface area contributed by atoms with Gasteiger partial charge >= 0.3 is 0 Å². The summed E-state index contributed by atoms with van der Waals surface area (Å²) in [4.78, 5) is 4.88. The van der Waals surface area contributed by atoms with E-state index in [-0.39, 0.29) is 0 Å². The van der Waals surface area contributed by atoms with Crippen molar-refractivity contribution in [3.05, 3.63) is 0 Å². The number of morpholine rings is 1. The Morgan fingerprint density at radius 1 is 1.21 bits per heavy atom. The van der Waals surface area contributed by atoms with Crippen LogP contribution < -0.4 is 5.32 Å². The zero-order chi connectivity index (χ0) is 14.5. The number of hydrogen-bond acceptors (Lipinski definition) is 4. The van der Waals surface area contributed by atoms with Gasteiger partial charge in [-0.3, -0.25) is 4.90 Å². The molecule has 4 nitrogen and oxygen atoms in total. The molecule has 1 N–H and O–H groups in total. The Bertz CT molecular complexity index is 182. The van der Waals surface area contributed by atoms with Crippen molar-refractivity contribution in [3.63, 3.8) is 0 Å². The number of hydrogen-bond donors (Lipinski definition) is 1. The van der Waals surface area contributed by atoms with E-state index in [9.17, 15) is 0 Å². The van der Waals surface area contributed by atoms with E-state index in [2.05, 4.69) is 42.9 Å². The van der Waals surface area contributed by atoms with Crippen LogP contribution in [0.25, 0.3) is 0 Å². The van der Waals surface area contributed by atoms with Crippen molar-refractivity contribution in [2.75, 3.05) is 66.6 Å². The highest BCUT2D eigenvalue weighted by atomic mass is 16.5. The highest BCUT2D eigenvalue weighted by molar-refractivity contribution is 4.63. The summed E-state index contributed by atoms with van der Waals surface area (Å²) < 4.78 is 5.30. The monoisotopic (exact) mass is 273 g/mol. The van der Waals surface area contributed by atoms with Crippen LogP contribution in [0.2, 0.25) is 0 Å². The minimum atomic E-state index is 0.787. The first-order valence-corrected chi connectivity index (χ1v) is 7.73. The van der Waals surface area contributed by atoms with Gasteiger partial charge in [-0.05, 0) is 39.5 Å². The number of nitrogens with one attached hydrogen (secondary N) is 1. The van der Waals surface area contributed by atoms with Crippen LogP contribution in [-0.4, -0.2) is 76.4 Å². The Kier molecular flexibility index (Phi) is 12.7. The second-order valence-electron chi connectivity index (χ2n) is 5.71. The topological polar surface area (TPSA) is 27.7 Å². The molecule has 1 aliphatic heterocycles. The number of likely N-dealkylation sites (N-methyl/N-ethyl adjacent to an activating group) is 1. The van der Waals surface area contributed by atoms with Crippen LogP contribution in [0.1, 0.15) is 27.2 Å². The van der Waals surface area contributed by atoms with Crippen molar-refractivity contribution in [1.29, 1.82) is 0 Å². The minimum Gasteiger partial charge on any atom is -0.379 e. The summed E-state index contributed by atoms with van der Waals surface area (Å²) in [6, 6.07) is 0. The van der Waals surface area contributed by atoms with Crippen LogP contribution in [0.3, 0.4) is 0 Å². The molecule has 0 saturated carbocycles. The quantitative estimate of drug-likeness (QED) is 0.761. The van der Waals surface area contributed by atoms with E-state index >= 15 is 0 Å². The zero-order valence-electron chi connectivity index (χ0n) is 13.7. The normalized spacial score (nSPS) is 16.6. The SMILES string of the molecule is CCCN(C)CCN1CCOCC1.CNCC(C)C. The molecule has 0 aromatic heterocycles. The molecule has 0 amide bonds. The molecule has 0 aromatic rings. The lowest BCUT2D eigenvalue weighted by Gasteiger charge is -2.28. The third-order valence-corrected chi connectivity index (χ3v) is 3.12. The largest absolute Gasteiger partial charge is 0.379 e. The lowest BCUT2D eigenvalue weighted by Crippen LogP contribution is -2.40. The molecule has 1 heterocycles. The van der Waals surface area contributed by atoms with Crippen molar-refractivity contribution in [2.45, 2.75) is 27.2 Å². The van der Waals surface area contributed by atoms with E-state index in [1.165, 1.54) is 26.1 Å². The number of nitrogens with zero attached hydrogens (tertiary/aromatic N) is 2. The molecule has 0 spiro atoms. The Hall–Kier alpha value is -0.160. The second kappa shape index (κ2) is 12.9. The average molecular weight is 273 g/mol. The lowest BCUT2D eigenvalue weighted by molar-refractivity contribution is 0.0345. The number of ether oxygens (including phenoxy) is 1. The first kappa shape index (κ1) is 18.8. The molecule has 0 atom stereocenters. The van der Waals surface area contributed by atoms with Crippen LogP contribution in [0, 0.1) is 5.92 Å². The van der Waals surface area contributed by atoms with Crippen molar-refractivity contribution in [2.24, 2.45) is 5.92 Å². The van der Waals surface area contributed by atoms with E-state index in [1.54, 1.807) is 0 Å². The van der Waals surface area contributed by atoms with Crippen molar-refractivity contribution in [1.82, 2.24) is 15.1 Å². The van der Waals surface area contributed by atoms with Crippen LogP contribution in [0.5, 0.6) is 0 Å². The van der Waals surface area contributed by atoms with E-state index in [4.69, 9.17) is 4.74 Å². The van der Waals surface area contributed by atoms with Crippen molar-refractivity contribution >= 4 is 0 Å². The fourth-order valence-electron chi connectivity index (χ4n) is 2.04. The standard InChI is InChI=1S/C10H22N2O.C5H13N/c1-3-4-11(2)5-6-12-7-9-13-10-8-12;1-5(2)4-6-3/h3-10H2,1-2H3;5-6H,4H2,1-3H3. The van der Waals surface area contributed by atoms with E-state index in [0.717, 1.165) is 38.8 Å². The Morgan fingerprint density at radius 3 is 2.26 bits per heavy atom. The Labute approximate surface area is 120 Å². The molecule has 116 valence electrons. The number of rotatable bonds is 7. The molecule has 1 rings (SSSR count). The fourth-order valence-corrected chi connectivity index (χ4v) is 2.04. The zero-order valence-corrected chi connectivity index (χ0v) is 13.7. The average Bonchev–Trinajstić information content (AvgIpc) is 2.38. The van der Waals surface area contributed by atoms with Gasteiger partial charge in [0.15, 0.2) is 0 Å². The molecule has 1 saturated heterocycles.